The van der Waals surface area contributed by atoms with Crippen molar-refractivity contribution in [1.29, 1.82) is 0 Å². The van der Waals surface area contributed by atoms with Gasteiger partial charge in [-0.3, -0.25) is 4.79 Å². The molecule has 2 heterocycles. The molecule has 2 aliphatic rings. The lowest BCUT2D eigenvalue weighted by Gasteiger charge is -2.31. The van der Waals surface area contributed by atoms with E-state index in [1.54, 1.807) is 0 Å². The van der Waals surface area contributed by atoms with Gasteiger partial charge >= 0.3 is 0 Å². The maximum absolute atomic E-state index is 12.8. The van der Waals surface area contributed by atoms with Gasteiger partial charge in [0.05, 0.1) is 6.54 Å². The highest BCUT2D eigenvalue weighted by molar-refractivity contribution is 5.94. The molecule has 0 saturated carbocycles. The van der Waals surface area contributed by atoms with Crippen LogP contribution in [0.15, 0.2) is 53.8 Å². The summed E-state index contributed by atoms with van der Waals surface area (Å²) in [6, 6.07) is 6.28. The number of rotatable bonds is 6. The van der Waals surface area contributed by atoms with Crippen LogP contribution in [0.3, 0.4) is 0 Å². The highest BCUT2D eigenvalue weighted by atomic mass is 16.2. The average Bonchev–Trinajstić information content (AvgIpc) is 2.69. The van der Waals surface area contributed by atoms with Crippen LogP contribution in [0, 0.1) is 0 Å². The minimum atomic E-state index is 0.0522. The van der Waals surface area contributed by atoms with Gasteiger partial charge in [-0.2, -0.15) is 0 Å². The first-order valence-corrected chi connectivity index (χ1v) is 9.65. The molecule has 0 bridgehead atoms. The third-order valence-corrected chi connectivity index (χ3v) is 5.05. The Balaban J connectivity index is 1.73. The van der Waals surface area contributed by atoms with Gasteiger partial charge < -0.3 is 15.5 Å². The van der Waals surface area contributed by atoms with Gasteiger partial charge in [-0.15, -0.1) is 0 Å². The Morgan fingerprint density at radius 3 is 2.65 bits per heavy atom. The summed E-state index contributed by atoms with van der Waals surface area (Å²) >= 11 is 0. The number of hydrogen-bond acceptors (Lipinski definition) is 3. The number of hydrogen-bond donors (Lipinski definition) is 2. The number of aryl methyl sites for hydroxylation is 2. The molecule has 0 unspecified atom stereocenters. The molecule has 1 aromatic rings. The van der Waals surface area contributed by atoms with Crippen molar-refractivity contribution in [3.05, 3.63) is 64.9 Å². The van der Waals surface area contributed by atoms with Crippen LogP contribution in [0.2, 0.25) is 0 Å². The molecule has 0 aromatic heterocycles. The summed E-state index contributed by atoms with van der Waals surface area (Å²) in [6.07, 6.45) is 11.4. The van der Waals surface area contributed by atoms with Gasteiger partial charge in [0.25, 0.3) is 0 Å². The van der Waals surface area contributed by atoms with E-state index in [2.05, 4.69) is 71.9 Å². The molecular weight excluding hydrogens is 322 g/mol. The molecule has 0 radical (unpaired) electrons. The first-order valence-electron chi connectivity index (χ1n) is 9.65. The van der Waals surface area contributed by atoms with Gasteiger partial charge in [0.1, 0.15) is 0 Å². The lowest BCUT2D eigenvalue weighted by Crippen LogP contribution is -2.36. The predicted octanol–water partition coefficient (Wildman–Crippen LogP) is 3.43. The van der Waals surface area contributed by atoms with E-state index in [0.717, 1.165) is 44.6 Å². The van der Waals surface area contributed by atoms with E-state index in [1.807, 2.05) is 0 Å². The normalized spacial score (nSPS) is 16.9. The number of para-hydroxylation sites is 1. The van der Waals surface area contributed by atoms with E-state index in [0.29, 0.717) is 6.54 Å². The van der Waals surface area contributed by atoms with Crippen LogP contribution in [-0.4, -0.2) is 37.0 Å². The Bertz CT molecular complexity index is 724. The largest absolute Gasteiger partial charge is 0.358 e. The third-order valence-electron chi connectivity index (χ3n) is 5.05. The van der Waals surface area contributed by atoms with Crippen molar-refractivity contribution in [1.82, 2.24) is 10.2 Å². The highest BCUT2D eigenvalue weighted by Gasteiger charge is 2.20. The van der Waals surface area contributed by atoms with Crippen LogP contribution in [0.25, 0.3) is 0 Å². The highest BCUT2D eigenvalue weighted by Crippen LogP contribution is 2.25. The van der Waals surface area contributed by atoms with Gasteiger partial charge in [0.2, 0.25) is 5.91 Å². The number of amides is 1. The molecule has 0 atom stereocenters. The Morgan fingerprint density at radius 1 is 1.23 bits per heavy atom. The minimum absolute atomic E-state index is 0.0522. The molecule has 2 aliphatic heterocycles. The molecule has 1 amide bonds. The zero-order valence-electron chi connectivity index (χ0n) is 15.8. The summed E-state index contributed by atoms with van der Waals surface area (Å²) in [5.74, 6) is 0.0522. The Kier molecular flexibility index (Phi) is 6.29. The fourth-order valence-electron chi connectivity index (χ4n) is 3.62. The van der Waals surface area contributed by atoms with Crippen molar-refractivity contribution in [3.8, 4) is 0 Å². The van der Waals surface area contributed by atoms with Gasteiger partial charge in [0, 0.05) is 24.5 Å². The summed E-state index contributed by atoms with van der Waals surface area (Å²) in [6.45, 7) is 7.31. The number of carbonyl (C=O) groups excluding carboxylic acids is 1. The van der Waals surface area contributed by atoms with Crippen molar-refractivity contribution in [3.63, 3.8) is 0 Å². The molecule has 1 aromatic carbocycles. The van der Waals surface area contributed by atoms with E-state index in [1.165, 1.54) is 22.4 Å². The maximum atomic E-state index is 12.8. The Hall–Kier alpha value is -2.33. The summed E-state index contributed by atoms with van der Waals surface area (Å²) in [4.78, 5) is 15.0. The van der Waals surface area contributed by atoms with Crippen molar-refractivity contribution in [2.75, 3.05) is 31.5 Å². The second kappa shape index (κ2) is 8.86. The summed E-state index contributed by atoms with van der Waals surface area (Å²) in [5, 5.41) is 6.54. The first kappa shape index (κ1) is 18.5. The second-order valence-corrected chi connectivity index (χ2v) is 6.75. The molecule has 0 saturated heterocycles. The zero-order valence-corrected chi connectivity index (χ0v) is 15.8. The predicted molar refractivity (Wildman–Crippen MR) is 108 cm³/mol. The van der Waals surface area contributed by atoms with Crippen molar-refractivity contribution < 1.29 is 4.79 Å². The fourth-order valence-corrected chi connectivity index (χ4v) is 3.62. The van der Waals surface area contributed by atoms with Crippen LogP contribution in [0.4, 0.5) is 5.69 Å². The number of benzene rings is 1. The summed E-state index contributed by atoms with van der Waals surface area (Å²) in [7, 11) is 0. The molecule has 4 nitrogen and oxygen atoms in total. The van der Waals surface area contributed by atoms with E-state index >= 15 is 0 Å². The average molecular weight is 351 g/mol. The fraction of sp³-hybridized carbons (Fsp3) is 0.409. The lowest BCUT2D eigenvalue weighted by atomic mass is 10.0. The van der Waals surface area contributed by atoms with E-state index in [4.69, 9.17) is 0 Å². The van der Waals surface area contributed by atoms with Crippen molar-refractivity contribution in [2.45, 2.75) is 33.1 Å². The van der Waals surface area contributed by atoms with Crippen molar-refractivity contribution in [2.24, 2.45) is 0 Å². The second-order valence-electron chi connectivity index (χ2n) is 6.75. The number of nitrogens with zero attached hydrogens (tertiary/aromatic N) is 1. The zero-order chi connectivity index (χ0) is 18.4. The summed E-state index contributed by atoms with van der Waals surface area (Å²) in [5.41, 5.74) is 5.93. The quantitative estimate of drug-likeness (QED) is 0.825. The molecule has 4 heteroatoms. The van der Waals surface area contributed by atoms with Crippen LogP contribution >= 0.6 is 0 Å². The van der Waals surface area contributed by atoms with Gasteiger partial charge in [-0.25, -0.2) is 0 Å². The Labute approximate surface area is 156 Å². The van der Waals surface area contributed by atoms with E-state index in [9.17, 15) is 4.79 Å². The van der Waals surface area contributed by atoms with Gasteiger partial charge in [-0.05, 0) is 48.6 Å². The van der Waals surface area contributed by atoms with Crippen LogP contribution in [-0.2, 0) is 17.6 Å². The topological polar surface area (TPSA) is 44.4 Å². The standard InChI is InChI=1S/C22H29N3O/c1-3-17-8-7-9-18(4-2)22(17)24-21(26)16-25-15-6-5-10-20(25)19-11-13-23-14-12-19/h5-11,23H,3-4,12-16H2,1-2H3,(H,24,26). The van der Waals surface area contributed by atoms with Crippen LogP contribution in [0.5, 0.6) is 0 Å². The molecular formula is C22H29N3O. The monoisotopic (exact) mass is 351 g/mol. The number of allylic oxidation sites excluding steroid dienone is 3. The molecule has 0 aliphatic carbocycles. The molecule has 26 heavy (non-hydrogen) atoms. The number of nitrogens with one attached hydrogen (secondary N) is 2. The maximum Gasteiger partial charge on any atom is 0.243 e. The molecule has 3 rings (SSSR count). The Morgan fingerprint density at radius 2 is 2.00 bits per heavy atom. The molecule has 0 spiro atoms. The molecule has 2 N–H and O–H groups in total. The first-order chi connectivity index (χ1) is 12.7. The van der Waals surface area contributed by atoms with Gasteiger partial charge in [0.15, 0.2) is 0 Å². The molecule has 138 valence electrons. The lowest BCUT2D eigenvalue weighted by molar-refractivity contribution is -0.116. The number of anilines is 1. The molecule has 0 fully saturated rings. The smallest absolute Gasteiger partial charge is 0.243 e. The number of carbonyl (C=O) groups is 1. The van der Waals surface area contributed by atoms with Crippen LogP contribution in [0.1, 0.15) is 31.4 Å². The van der Waals surface area contributed by atoms with Crippen LogP contribution < -0.4 is 10.6 Å². The minimum Gasteiger partial charge on any atom is -0.358 e. The SMILES string of the molecule is CCc1cccc(CC)c1NC(=O)CN1CC=CC=C1C1=CCNCC1. The van der Waals surface area contributed by atoms with Crippen molar-refractivity contribution >= 4 is 11.6 Å². The van der Waals surface area contributed by atoms with Gasteiger partial charge in [-0.1, -0.05) is 50.3 Å². The van der Waals surface area contributed by atoms with E-state index < -0.39 is 0 Å². The third kappa shape index (κ3) is 4.25. The van der Waals surface area contributed by atoms with E-state index in [-0.39, 0.29) is 5.91 Å². The summed E-state index contributed by atoms with van der Waals surface area (Å²) < 4.78 is 0.